The molecule has 0 fully saturated rings. The quantitative estimate of drug-likeness (QED) is 0.517. The largest absolute Gasteiger partial charge is 0.454 e. The summed E-state index contributed by atoms with van der Waals surface area (Å²) >= 11 is 0. The minimum atomic E-state index is -0.538. The molecule has 0 bridgehead atoms. The van der Waals surface area contributed by atoms with Gasteiger partial charge in [-0.2, -0.15) is 0 Å². The van der Waals surface area contributed by atoms with Crippen molar-refractivity contribution in [2.45, 2.75) is 6.92 Å². The first-order valence-corrected chi connectivity index (χ1v) is 8.76. The van der Waals surface area contributed by atoms with Crippen LogP contribution < -0.4 is 5.32 Å². The number of nitrogens with one attached hydrogen (secondary N) is 1. The van der Waals surface area contributed by atoms with E-state index in [2.05, 4.69) is 5.32 Å². The summed E-state index contributed by atoms with van der Waals surface area (Å²) in [5.41, 5.74) is 2.86. The van der Waals surface area contributed by atoms with E-state index >= 15 is 0 Å². The molecule has 0 saturated heterocycles. The van der Waals surface area contributed by atoms with Crippen molar-refractivity contribution in [3.63, 3.8) is 0 Å². The van der Waals surface area contributed by atoms with Crippen LogP contribution in [0.4, 0.5) is 5.69 Å². The predicted molar refractivity (Wildman–Crippen MR) is 107 cm³/mol. The van der Waals surface area contributed by atoms with Gasteiger partial charge in [0.15, 0.2) is 12.4 Å². The van der Waals surface area contributed by atoms with Crippen LogP contribution in [0, 0.1) is 6.92 Å². The number of hydrogen-bond acceptors (Lipinski definition) is 4. The van der Waals surface area contributed by atoms with Gasteiger partial charge in [-0.15, -0.1) is 0 Å². The van der Waals surface area contributed by atoms with E-state index in [4.69, 9.17) is 4.74 Å². The van der Waals surface area contributed by atoms with Crippen molar-refractivity contribution in [3.05, 3.63) is 101 Å². The maximum Gasteiger partial charge on any atom is 0.338 e. The average molecular weight is 373 g/mol. The van der Waals surface area contributed by atoms with Crippen molar-refractivity contribution < 1.29 is 19.1 Å². The number of Topliss-reactive ketones (excluding diaryl/α,β-unsaturated/α-hetero) is 1. The Morgan fingerprint density at radius 2 is 1.46 bits per heavy atom. The Morgan fingerprint density at radius 1 is 0.786 bits per heavy atom. The summed E-state index contributed by atoms with van der Waals surface area (Å²) in [5, 5.41) is 2.77. The Morgan fingerprint density at radius 3 is 2.14 bits per heavy atom. The fourth-order valence-corrected chi connectivity index (χ4v) is 2.60. The van der Waals surface area contributed by atoms with E-state index in [1.807, 2.05) is 19.1 Å². The molecule has 0 aliphatic carbocycles. The highest BCUT2D eigenvalue weighted by atomic mass is 16.5. The van der Waals surface area contributed by atoms with Gasteiger partial charge in [0.2, 0.25) is 0 Å². The fraction of sp³-hybridized carbons (Fsp3) is 0.0870. The Labute approximate surface area is 163 Å². The van der Waals surface area contributed by atoms with Crippen molar-refractivity contribution in [1.82, 2.24) is 0 Å². The zero-order valence-electron chi connectivity index (χ0n) is 15.3. The second-order valence-electron chi connectivity index (χ2n) is 6.27. The molecule has 1 N–H and O–H groups in total. The van der Waals surface area contributed by atoms with Gasteiger partial charge in [-0.1, -0.05) is 35.9 Å². The van der Waals surface area contributed by atoms with Gasteiger partial charge in [0.25, 0.3) is 5.91 Å². The van der Waals surface area contributed by atoms with E-state index in [-0.39, 0.29) is 18.3 Å². The second-order valence-corrected chi connectivity index (χ2v) is 6.27. The highest BCUT2D eigenvalue weighted by Crippen LogP contribution is 2.13. The molecule has 0 unspecified atom stereocenters. The summed E-state index contributed by atoms with van der Waals surface area (Å²) in [4.78, 5) is 36.4. The van der Waals surface area contributed by atoms with Crippen LogP contribution in [0.1, 0.15) is 36.6 Å². The first-order chi connectivity index (χ1) is 13.5. The topological polar surface area (TPSA) is 72.5 Å². The zero-order chi connectivity index (χ0) is 19.9. The molecule has 0 aliphatic heterocycles. The summed E-state index contributed by atoms with van der Waals surface area (Å²) in [6, 6.07) is 22.3. The lowest BCUT2D eigenvalue weighted by Crippen LogP contribution is -2.15. The molecule has 28 heavy (non-hydrogen) atoms. The molecule has 0 aromatic heterocycles. The maximum atomic E-state index is 12.2. The van der Waals surface area contributed by atoms with Crippen LogP contribution in [-0.4, -0.2) is 24.3 Å². The molecule has 140 valence electrons. The number of hydrogen-bond donors (Lipinski definition) is 1. The first kappa shape index (κ1) is 19.0. The van der Waals surface area contributed by atoms with Crippen LogP contribution in [-0.2, 0) is 4.74 Å². The summed E-state index contributed by atoms with van der Waals surface area (Å²) in [7, 11) is 0. The number of esters is 1. The van der Waals surface area contributed by atoms with Crippen molar-refractivity contribution >= 4 is 23.3 Å². The molecule has 0 atom stereocenters. The van der Waals surface area contributed by atoms with Crippen LogP contribution in [0.5, 0.6) is 0 Å². The maximum absolute atomic E-state index is 12.2. The number of ketones is 1. The smallest absolute Gasteiger partial charge is 0.338 e. The Hall–Kier alpha value is -3.73. The molecule has 5 nitrogen and oxygen atoms in total. The van der Waals surface area contributed by atoms with Crippen molar-refractivity contribution in [1.29, 1.82) is 0 Å². The third kappa shape index (κ3) is 4.92. The summed E-state index contributed by atoms with van der Waals surface area (Å²) in [6.07, 6.45) is 0. The van der Waals surface area contributed by atoms with Gasteiger partial charge in [0.1, 0.15) is 0 Å². The van der Waals surface area contributed by atoms with E-state index < -0.39 is 5.97 Å². The van der Waals surface area contributed by atoms with E-state index in [0.29, 0.717) is 22.4 Å². The Kier molecular flexibility index (Phi) is 5.97. The molecular formula is C23H19NO4. The van der Waals surface area contributed by atoms with Crippen molar-refractivity contribution in [2.24, 2.45) is 0 Å². The van der Waals surface area contributed by atoms with Crippen molar-refractivity contribution in [2.75, 3.05) is 11.9 Å². The van der Waals surface area contributed by atoms with E-state index in [9.17, 15) is 14.4 Å². The van der Waals surface area contributed by atoms with Gasteiger partial charge in [-0.25, -0.2) is 4.79 Å². The number of carbonyl (C=O) groups is 3. The highest BCUT2D eigenvalue weighted by Gasteiger charge is 2.12. The molecule has 1 amide bonds. The normalized spacial score (nSPS) is 10.2. The molecule has 3 rings (SSSR count). The molecule has 0 spiro atoms. The number of aryl methyl sites for hydroxylation is 1. The zero-order valence-corrected chi connectivity index (χ0v) is 15.3. The van der Waals surface area contributed by atoms with E-state index in [1.54, 1.807) is 66.7 Å². The van der Waals surface area contributed by atoms with Crippen LogP contribution in [0.15, 0.2) is 78.9 Å². The van der Waals surface area contributed by atoms with E-state index in [1.165, 1.54) is 0 Å². The summed E-state index contributed by atoms with van der Waals surface area (Å²) in [5.74, 6) is -1.09. The van der Waals surface area contributed by atoms with Gasteiger partial charge in [-0.3, -0.25) is 9.59 Å². The summed E-state index contributed by atoms with van der Waals surface area (Å²) < 4.78 is 5.09. The van der Waals surface area contributed by atoms with Gasteiger partial charge in [-0.05, 0) is 55.5 Å². The Bertz CT molecular complexity index is 995. The van der Waals surface area contributed by atoms with E-state index in [0.717, 1.165) is 5.56 Å². The number of rotatable bonds is 6. The molecule has 5 heteroatoms. The van der Waals surface area contributed by atoms with Crippen LogP contribution in [0.25, 0.3) is 0 Å². The number of benzene rings is 3. The van der Waals surface area contributed by atoms with Crippen LogP contribution >= 0.6 is 0 Å². The van der Waals surface area contributed by atoms with Gasteiger partial charge in [0.05, 0.1) is 5.56 Å². The van der Waals surface area contributed by atoms with Crippen molar-refractivity contribution in [3.8, 4) is 0 Å². The lowest BCUT2D eigenvalue weighted by molar-refractivity contribution is 0.0474. The lowest BCUT2D eigenvalue weighted by Gasteiger charge is -2.07. The van der Waals surface area contributed by atoms with Crippen LogP contribution in [0.3, 0.4) is 0 Å². The second kappa shape index (κ2) is 8.77. The average Bonchev–Trinajstić information content (AvgIpc) is 2.73. The SMILES string of the molecule is Cc1cccc(C(=O)OCC(=O)c2ccc(NC(=O)c3ccccc3)cc2)c1. The van der Waals surface area contributed by atoms with Gasteiger partial charge >= 0.3 is 5.97 Å². The molecule has 0 radical (unpaired) electrons. The number of amides is 1. The predicted octanol–water partition coefficient (Wildman–Crippen LogP) is 4.29. The monoisotopic (exact) mass is 373 g/mol. The highest BCUT2D eigenvalue weighted by molar-refractivity contribution is 6.05. The lowest BCUT2D eigenvalue weighted by atomic mass is 10.1. The van der Waals surface area contributed by atoms with Gasteiger partial charge < -0.3 is 10.1 Å². The molecule has 0 heterocycles. The first-order valence-electron chi connectivity index (χ1n) is 8.76. The molecular weight excluding hydrogens is 354 g/mol. The fourth-order valence-electron chi connectivity index (χ4n) is 2.60. The third-order valence-corrected chi connectivity index (χ3v) is 4.09. The van der Waals surface area contributed by atoms with Gasteiger partial charge in [0, 0.05) is 16.8 Å². The number of carbonyl (C=O) groups excluding carboxylic acids is 3. The van der Waals surface area contributed by atoms with Crippen LogP contribution in [0.2, 0.25) is 0 Å². The molecule has 3 aromatic rings. The number of ether oxygens (including phenoxy) is 1. The standard InChI is InChI=1S/C23H19NO4/c1-16-6-5-9-19(14-16)23(27)28-15-21(25)17-10-12-20(13-11-17)24-22(26)18-7-3-2-4-8-18/h2-14H,15H2,1H3,(H,24,26). The molecule has 0 saturated carbocycles. The minimum Gasteiger partial charge on any atom is -0.454 e. The third-order valence-electron chi connectivity index (χ3n) is 4.09. The Balaban J connectivity index is 1.56. The molecule has 0 aliphatic rings. The number of anilines is 1. The molecule has 3 aromatic carbocycles. The summed E-state index contributed by atoms with van der Waals surface area (Å²) in [6.45, 7) is 1.53. The minimum absolute atomic E-state index is 0.230.